The number of methoxy groups -OCH3 is 1. The summed E-state index contributed by atoms with van der Waals surface area (Å²) in [4.78, 5) is 0. The van der Waals surface area contributed by atoms with Crippen molar-refractivity contribution < 1.29 is 19.7 Å². The van der Waals surface area contributed by atoms with Gasteiger partial charge in [0.1, 0.15) is 24.2 Å². The Kier molecular flexibility index (Phi) is 7.25. The summed E-state index contributed by atoms with van der Waals surface area (Å²) in [5.74, 6) is 1.46. The third kappa shape index (κ3) is 6.42. The maximum absolute atomic E-state index is 9.70. The van der Waals surface area contributed by atoms with Crippen LogP contribution in [0.15, 0.2) is 24.3 Å². The average molecular weight is 269 g/mol. The van der Waals surface area contributed by atoms with E-state index in [2.05, 4.69) is 5.32 Å². The Hall–Kier alpha value is -1.30. The zero-order valence-corrected chi connectivity index (χ0v) is 11.5. The van der Waals surface area contributed by atoms with Crippen LogP contribution in [0.5, 0.6) is 11.5 Å². The van der Waals surface area contributed by atoms with Crippen LogP contribution in [0.3, 0.4) is 0 Å². The molecule has 0 spiro atoms. The van der Waals surface area contributed by atoms with Gasteiger partial charge in [-0.2, -0.15) is 0 Å². The zero-order chi connectivity index (χ0) is 14.1. The molecule has 1 aromatic rings. The topological polar surface area (TPSA) is 71.0 Å². The molecule has 0 radical (unpaired) electrons. The van der Waals surface area contributed by atoms with E-state index in [4.69, 9.17) is 9.47 Å². The monoisotopic (exact) mass is 269 g/mol. The van der Waals surface area contributed by atoms with Gasteiger partial charge in [-0.3, -0.25) is 0 Å². The van der Waals surface area contributed by atoms with Crippen LogP contribution >= 0.6 is 0 Å². The van der Waals surface area contributed by atoms with Crippen LogP contribution in [0.25, 0.3) is 0 Å². The Morgan fingerprint density at radius 3 is 2.21 bits per heavy atom. The van der Waals surface area contributed by atoms with Gasteiger partial charge < -0.3 is 25.0 Å². The van der Waals surface area contributed by atoms with Gasteiger partial charge in [0.25, 0.3) is 0 Å². The predicted octanol–water partition coefficient (Wildman–Crippen LogP) is 0.795. The summed E-state index contributed by atoms with van der Waals surface area (Å²) in [6, 6.07) is 7.19. The van der Waals surface area contributed by atoms with Crippen molar-refractivity contribution in [2.45, 2.75) is 25.6 Å². The van der Waals surface area contributed by atoms with Crippen LogP contribution in [0.4, 0.5) is 0 Å². The fourth-order valence-corrected chi connectivity index (χ4v) is 1.48. The second kappa shape index (κ2) is 8.74. The molecular weight excluding hydrogens is 246 g/mol. The summed E-state index contributed by atoms with van der Waals surface area (Å²) in [7, 11) is 1.61. The molecular formula is C14H23NO4. The van der Waals surface area contributed by atoms with Gasteiger partial charge in [0.05, 0.1) is 13.2 Å². The number of nitrogens with one attached hydrogen (secondary N) is 1. The molecule has 2 unspecified atom stereocenters. The molecule has 0 aromatic heterocycles. The molecule has 108 valence electrons. The normalized spacial score (nSPS) is 13.9. The summed E-state index contributed by atoms with van der Waals surface area (Å²) in [5.41, 5.74) is 0. The van der Waals surface area contributed by atoms with Crippen molar-refractivity contribution in [1.82, 2.24) is 5.32 Å². The highest BCUT2D eigenvalue weighted by Crippen LogP contribution is 2.16. The van der Waals surface area contributed by atoms with E-state index in [1.807, 2.05) is 6.92 Å². The maximum atomic E-state index is 9.70. The SMILES string of the molecule is CCC(O)CNCC(O)COc1ccc(OC)cc1. The molecule has 0 saturated heterocycles. The molecule has 3 N–H and O–H groups in total. The fourth-order valence-electron chi connectivity index (χ4n) is 1.48. The molecule has 0 amide bonds. The van der Waals surface area contributed by atoms with Gasteiger partial charge >= 0.3 is 0 Å². The van der Waals surface area contributed by atoms with Gasteiger partial charge in [-0.05, 0) is 30.7 Å². The van der Waals surface area contributed by atoms with E-state index in [1.54, 1.807) is 31.4 Å². The van der Waals surface area contributed by atoms with Crippen molar-refractivity contribution in [1.29, 1.82) is 0 Å². The first-order valence-electron chi connectivity index (χ1n) is 6.49. The lowest BCUT2D eigenvalue weighted by atomic mass is 10.2. The second-order valence-electron chi connectivity index (χ2n) is 4.36. The Morgan fingerprint density at radius 2 is 1.63 bits per heavy atom. The highest BCUT2D eigenvalue weighted by molar-refractivity contribution is 5.31. The number of rotatable bonds is 9. The third-order valence-electron chi connectivity index (χ3n) is 2.73. The van der Waals surface area contributed by atoms with Crippen molar-refractivity contribution in [3.8, 4) is 11.5 Å². The van der Waals surface area contributed by atoms with E-state index in [1.165, 1.54) is 0 Å². The lowest BCUT2D eigenvalue weighted by Crippen LogP contribution is -2.35. The molecule has 0 saturated carbocycles. The van der Waals surface area contributed by atoms with Gasteiger partial charge in [0.15, 0.2) is 0 Å². The molecule has 0 bridgehead atoms. The third-order valence-corrected chi connectivity index (χ3v) is 2.73. The van der Waals surface area contributed by atoms with E-state index >= 15 is 0 Å². The van der Waals surface area contributed by atoms with Gasteiger partial charge in [-0.25, -0.2) is 0 Å². The van der Waals surface area contributed by atoms with Crippen molar-refractivity contribution in [3.63, 3.8) is 0 Å². The Bertz CT molecular complexity index is 342. The van der Waals surface area contributed by atoms with Crippen molar-refractivity contribution >= 4 is 0 Å². The van der Waals surface area contributed by atoms with E-state index in [0.717, 1.165) is 5.75 Å². The van der Waals surface area contributed by atoms with Crippen molar-refractivity contribution in [2.75, 3.05) is 26.8 Å². The minimum Gasteiger partial charge on any atom is -0.497 e. The minimum atomic E-state index is -0.605. The van der Waals surface area contributed by atoms with Gasteiger partial charge in [0.2, 0.25) is 0 Å². The van der Waals surface area contributed by atoms with Gasteiger partial charge in [-0.15, -0.1) is 0 Å². The molecule has 2 atom stereocenters. The molecule has 0 aliphatic heterocycles. The molecule has 1 aromatic carbocycles. The molecule has 0 aliphatic carbocycles. The van der Waals surface area contributed by atoms with E-state index in [0.29, 0.717) is 25.3 Å². The molecule has 19 heavy (non-hydrogen) atoms. The second-order valence-corrected chi connectivity index (χ2v) is 4.36. The molecule has 0 aliphatic rings. The molecule has 5 heteroatoms. The number of hydrogen-bond acceptors (Lipinski definition) is 5. The van der Waals surface area contributed by atoms with Crippen LogP contribution in [-0.4, -0.2) is 49.2 Å². The molecule has 0 heterocycles. The standard InChI is InChI=1S/C14H23NO4/c1-3-11(16)8-15-9-12(17)10-19-14-6-4-13(18-2)5-7-14/h4-7,11-12,15-17H,3,8-10H2,1-2H3. The van der Waals surface area contributed by atoms with Crippen molar-refractivity contribution in [3.05, 3.63) is 24.3 Å². The van der Waals surface area contributed by atoms with E-state index in [-0.39, 0.29) is 12.7 Å². The minimum absolute atomic E-state index is 0.210. The zero-order valence-electron chi connectivity index (χ0n) is 11.5. The average Bonchev–Trinajstić information content (AvgIpc) is 2.45. The number of aliphatic hydroxyl groups excluding tert-OH is 2. The fraction of sp³-hybridized carbons (Fsp3) is 0.571. The number of aliphatic hydroxyl groups is 2. The summed E-state index contributed by atoms with van der Waals surface area (Å²) in [6.45, 7) is 3.00. The highest BCUT2D eigenvalue weighted by Gasteiger charge is 2.06. The summed E-state index contributed by atoms with van der Waals surface area (Å²) >= 11 is 0. The van der Waals surface area contributed by atoms with Crippen LogP contribution in [0, 0.1) is 0 Å². The van der Waals surface area contributed by atoms with Crippen LogP contribution in [-0.2, 0) is 0 Å². The Morgan fingerprint density at radius 1 is 1.05 bits per heavy atom. The van der Waals surface area contributed by atoms with Gasteiger partial charge in [0, 0.05) is 13.1 Å². The lowest BCUT2D eigenvalue weighted by Gasteiger charge is -2.15. The Balaban J connectivity index is 2.20. The first-order chi connectivity index (χ1) is 9.15. The first kappa shape index (κ1) is 15.8. The van der Waals surface area contributed by atoms with Crippen LogP contribution < -0.4 is 14.8 Å². The van der Waals surface area contributed by atoms with Crippen molar-refractivity contribution in [2.24, 2.45) is 0 Å². The summed E-state index contributed by atoms with van der Waals surface area (Å²) in [5, 5.41) is 22.0. The number of hydrogen-bond donors (Lipinski definition) is 3. The first-order valence-corrected chi connectivity index (χ1v) is 6.49. The van der Waals surface area contributed by atoms with Crippen LogP contribution in [0.1, 0.15) is 13.3 Å². The summed E-state index contributed by atoms with van der Waals surface area (Å²) < 4.78 is 10.5. The maximum Gasteiger partial charge on any atom is 0.119 e. The van der Waals surface area contributed by atoms with E-state index in [9.17, 15) is 10.2 Å². The van der Waals surface area contributed by atoms with Crippen LogP contribution in [0.2, 0.25) is 0 Å². The molecule has 5 nitrogen and oxygen atoms in total. The number of benzene rings is 1. The predicted molar refractivity (Wildman–Crippen MR) is 73.7 cm³/mol. The van der Waals surface area contributed by atoms with Gasteiger partial charge in [-0.1, -0.05) is 6.92 Å². The smallest absolute Gasteiger partial charge is 0.119 e. The highest BCUT2D eigenvalue weighted by atomic mass is 16.5. The summed E-state index contributed by atoms with van der Waals surface area (Å²) in [6.07, 6.45) is -0.272. The van der Waals surface area contributed by atoms with E-state index < -0.39 is 6.10 Å². The lowest BCUT2D eigenvalue weighted by molar-refractivity contribution is 0.0991. The molecule has 1 rings (SSSR count). The largest absolute Gasteiger partial charge is 0.497 e. The number of ether oxygens (including phenoxy) is 2. The Labute approximate surface area is 114 Å². The quantitative estimate of drug-likeness (QED) is 0.618. The molecule has 0 fully saturated rings.